The van der Waals surface area contributed by atoms with Gasteiger partial charge in [0.2, 0.25) is 0 Å². The Hall–Kier alpha value is -1.70. The molecule has 0 aliphatic carbocycles. The van der Waals surface area contributed by atoms with Gasteiger partial charge in [0.05, 0.1) is 0 Å². The van der Waals surface area contributed by atoms with Crippen molar-refractivity contribution in [2.45, 2.75) is 6.42 Å². The van der Waals surface area contributed by atoms with Crippen molar-refractivity contribution in [3.63, 3.8) is 0 Å². The summed E-state index contributed by atoms with van der Waals surface area (Å²) in [5.41, 5.74) is 13.2. The van der Waals surface area contributed by atoms with Crippen LogP contribution in [0.4, 0.5) is 11.8 Å². The summed E-state index contributed by atoms with van der Waals surface area (Å²) in [4.78, 5) is 7.93. The van der Waals surface area contributed by atoms with E-state index in [0.29, 0.717) is 18.0 Å². The summed E-state index contributed by atoms with van der Waals surface area (Å²) in [7, 11) is 3.26. The maximum absolute atomic E-state index is 5.85. The van der Waals surface area contributed by atoms with Crippen LogP contribution in [0.2, 0.25) is 0 Å². The van der Waals surface area contributed by atoms with Crippen LogP contribution in [0.3, 0.4) is 0 Å². The normalized spacial score (nSPS) is 10.3. The summed E-state index contributed by atoms with van der Waals surface area (Å²) >= 11 is 1.25. The van der Waals surface area contributed by atoms with E-state index in [0.717, 1.165) is 20.5 Å². The molecule has 0 unspecified atom stereocenters. The van der Waals surface area contributed by atoms with E-state index >= 15 is 0 Å². The first-order valence-electron chi connectivity index (χ1n) is 5.88. The minimum absolute atomic E-state index is 0.180. The zero-order valence-corrected chi connectivity index (χ0v) is 14.2. The van der Waals surface area contributed by atoms with Gasteiger partial charge in [0, 0.05) is 0 Å². The second-order valence-electron chi connectivity index (χ2n) is 4.19. The van der Waals surface area contributed by atoms with Crippen molar-refractivity contribution >= 4 is 37.9 Å². The van der Waals surface area contributed by atoms with Gasteiger partial charge in [-0.05, 0) is 0 Å². The minimum atomic E-state index is 0.180. The molecule has 0 atom stereocenters. The zero-order chi connectivity index (χ0) is 14.7. The summed E-state index contributed by atoms with van der Waals surface area (Å²) in [5.74, 6) is 2.07. The molecule has 2 rings (SSSR count). The molecule has 1 aromatic heterocycles. The van der Waals surface area contributed by atoms with Crippen LogP contribution in [-0.2, 0) is 6.42 Å². The average Bonchev–Trinajstić information content (AvgIpc) is 2.41. The van der Waals surface area contributed by atoms with Crippen LogP contribution in [0.1, 0.15) is 11.1 Å². The molecule has 0 bridgehead atoms. The molecule has 0 aliphatic rings. The molecule has 103 valence electrons. The molecule has 0 amide bonds. The van der Waals surface area contributed by atoms with Gasteiger partial charge in [-0.25, -0.2) is 0 Å². The predicted molar refractivity (Wildman–Crippen MR) is 78.6 cm³/mol. The van der Waals surface area contributed by atoms with Crippen LogP contribution >= 0.6 is 0 Å². The summed E-state index contributed by atoms with van der Waals surface area (Å²) in [5, 5.41) is 0. The molecule has 6 nitrogen and oxygen atoms in total. The van der Waals surface area contributed by atoms with Gasteiger partial charge in [0.25, 0.3) is 0 Å². The van der Waals surface area contributed by atoms with E-state index in [1.165, 1.54) is 22.5 Å². The van der Waals surface area contributed by atoms with Crippen molar-refractivity contribution in [2.24, 2.45) is 0 Å². The Kier molecular flexibility index (Phi) is 4.53. The van der Waals surface area contributed by atoms with Crippen LogP contribution in [0, 0.1) is 0 Å². The van der Waals surface area contributed by atoms with Crippen LogP contribution in [-0.4, -0.2) is 46.7 Å². The molecule has 3 radical (unpaired) electrons. The molecule has 4 N–H and O–H groups in total. The molecule has 7 heteroatoms. The molecule has 0 fully saturated rings. The fourth-order valence-electron chi connectivity index (χ4n) is 1.91. The van der Waals surface area contributed by atoms with Crippen LogP contribution < -0.4 is 24.5 Å². The standard InChI is InChI=1S/C13H15N4O2.Sn/c1-18-10-4-3-8(6-11(10)19-2)5-9-7-16-13(15)17-12(9)14;/h3,6-7H,5H2,1-2H3,(H4,14,15,16,17);. The Morgan fingerprint density at radius 3 is 2.55 bits per heavy atom. The molecule has 0 spiro atoms. The second kappa shape index (κ2) is 6.17. The summed E-state index contributed by atoms with van der Waals surface area (Å²) in [6, 6.07) is 4.00. The summed E-state index contributed by atoms with van der Waals surface area (Å²) in [6.45, 7) is 0. The van der Waals surface area contributed by atoms with E-state index in [2.05, 4.69) is 16.0 Å². The van der Waals surface area contributed by atoms with E-state index in [9.17, 15) is 0 Å². The molecule has 20 heavy (non-hydrogen) atoms. The van der Waals surface area contributed by atoms with Gasteiger partial charge in [-0.2, -0.15) is 0 Å². The van der Waals surface area contributed by atoms with E-state index in [1.807, 2.05) is 6.07 Å². The molecule has 1 aromatic carbocycles. The predicted octanol–water partition coefficient (Wildman–Crippen LogP) is 0.0428. The number of anilines is 2. The van der Waals surface area contributed by atoms with E-state index in [1.54, 1.807) is 20.4 Å². The number of nitrogen functional groups attached to an aromatic ring is 2. The Morgan fingerprint density at radius 1 is 1.20 bits per heavy atom. The molecular weight excluding hydrogens is 363 g/mol. The Balaban J connectivity index is 2.36. The van der Waals surface area contributed by atoms with Gasteiger partial charge in [-0.3, -0.25) is 0 Å². The first kappa shape index (κ1) is 14.7. The van der Waals surface area contributed by atoms with Gasteiger partial charge in [0.1, 0.15) is 0 Å². The molecule has 1 heterocycles. The van der Waals surface area contributed by atoms with Crippen molar-refractivity contribution in [2.75, 3.05) is 25.7 Å². The number of hydrogen-bond acceptors (Lipinski definition) is 6. The quantitative estimate of drug-likeness (QED) is 0.730. The number of aromatic nitrogens is 2. The summed E-state index contributed by atoms with van der Waals surface area (Å²) < 4.78 is 11.8. The third-order valence-corrected chi connectivity index (χ3v) is 3.91. The van der Waals surface area contributed by atoms with Crippen molar-refractivity contribution in [1.82, 2.24) is 9.97 Å². The zero-order valence-electron chi connectivity index (χ0n) is 11.3. The first-order valence-corrected chi connectivity index (χ1v) is 7.31. The van der Waals surface area contributed by atoms with Gasteiger partial charge < -0.3 is 0 Å². The van der Waals surface area contributed by atoms with Crippen molar-refractivity contribution < 1.29 is 9.47 Å². The molecule has 2 aromatic rings. The molecular formula is C13H15N4O2Sn. The third-order valence-electron chi connectivity index (χ3n) is 2.85. The number of nitrogens with zero attached hydrogens (tertiary/aromatic N) is 2. The van der Waals surface area contributed by atoms with Crippen LogP contribution in [0.15, 0.2) is 18.3 Å². The van der Waals surface area contributed by atoms with E-state index < -0.39 is 0 Å². The Morgan fingerprint density at radius 2 is 1.95 bits per heavy atom. The second-order valence-corrected chi connectivity index (χ2v) is 5.73. The number of hydrogen-bond donors (Lipinski definition) is 2. The average molecular weight is 378 g/mol. The van der Waals surface area contributed by atoms with Crippen LogP contribution in [0.25, 0.3) is 0 Å². The third kappa shape index (κ3) is 3.06. The molecule has 0 saturated heterocycles. The van der Waals surface area contributed by atoms with Crippen molar-refractivity contribution in [3.05, 3.63) is 29.5 Å². The topological polar surface area (TPSA) is 96.3 Å². The van der Waals surface area contributed by atoms with Gasteiger partial charge in [0.15, 0.2) is 0 Å². The number of benzene rings is 1. The van der Waals surface area contributed by atoms with Crippen molar-refractivity contribution in [3.8, 4) is 11.5 Å². The number of ether oxygens (including phenoxy) is 2. The number of nitrogens with two attached hydrogens (primary N) is 2. The molecule has 0 saturated carbocycles. The Bertz CT molecular complexity index is 634. The van der Waals surface area contributed by atoms with Gasteiger partial charge in [-0.15, -0.1) is 0 Å². The summed E-state index contributed by atoms with van der Waals surface area (Å²) in [6.07, 6.45) is 2.27. The fraction of sp³-hybridized carbons (Fsp3) is 0.231. The monoisotopic (exact) mass is 379 g/mol. The van der Waals surface area contributed by atoms with Crippen molar-refractivity contribution in [1.29, 1.82) is 0 Å². The fourth-order valence-corrected chi connectivity index (χ4v) is 3.09. The first-order chi connectivity index (χ1) is 9.55. The SMILES string of the molecule is COc1cc(Cc2cnc(N)nc2N)c[c]([Sn])c1OC. The number of methoxy groups -OCH3 is 2. The van der Waals surface area contributed by atoms with E-state index in [-0.39, 0.29) is 5.95 Å². The van der Waals surface area contributed by atoms with E-state index in [4.69, 9.17) is 20.9 Å². The number of rotatable bonds is 4. The maximum atomic E-state index is 5.85. The van der Waals surface area contributed by atoms with Gasteiger partial charge >= 0.3 is 130 Å². The van der Waals surface area contributed by atoms with Crippen LogP contribution in [0.5, 0.6) is 11.5 Å². The van der Waals surface area contributed by atoms with Gasteiger partial charge in [-0.1, -0.05) is 0 Å². The Labute approximate surface area is 130 Å². The molecule has 0 aliphatic heterocycles.